The number of aryl methyl sites for hydroxylation is 1. The molecule has 4 rings (SSSR count). The lowest BCUT2D eigenvalue weighted by molar-refractivity contribution is -0.137. The van der Waals surface area contributed by atoms with Crippen molar-refractivity contribution in [3.8, 4) is 0 Å². The molecule has 10 heteroatoms. The summed E-state index contributed by atoms with van der Waals surface area (Å²) in [5.41, 5.74) is 2.25. The van der Waals surface area contributed by atoms with Crippen molar-refractivity contribution in [3.05, 3.63) is 82.0 Å². The van der Waals surface area contributed by atoms with Gasteiger partial charge in [-0.3, -0.25) is 4.79 Å². The molecule has 178 valence electrons. The molecule has 0 saturated heterocycles. The lowest BCUT2D eigenvalue weighted by atomic mass is 10.1. The molecule has 7 nitrogen and oxygen atoms in total. The van der Waals surface area contributed by atoms with Crippen LogP contribution in [0.25, 0.3) is 0 Å². The molecule has 0 radical (unpaired) electrons. The van der Waals surface area contributed by atoms with Gasteiger partial charge in [0, 0.05) is 19.6 Å². The number of amides is 1. The normalized spacial score (nSPS) is 13.0. The van der Waals surface area contributed by atoms with Gasteiger partial charge < -0.3 is 15.0 Å². The molecule has 0 fully saturated rings. The van der Waals surface area contributed by atoms with Crippen LogP contribution in [0.1, 0.15) is 43.1 Å². The van der Waals surface area contributed by atoms with Crippen LogP contribution in [0.15, 0.2) is 48.5 Å². The molecule has 3 aromatic rings. The highest BCUT2D eigenvalue weighted by Crippen LogP contribution is 2.32. The number of anilines is 1. The molecule has 1 aliphatic rings. The predicted octanol–water partition coefficient (Wildman–Crippen LogP) is 3.95. The number of nitrogens with zero attached hydrogens (tertiary/aromatic N) is 3. The lowest BCUT2D eigenvalue weighted by Crippen LogP contribution is -2.27. The van der Waals surface area contributed by atoms with Crippen molar-refractivity contribution in [2.24, 2.45) is 0 Å². The summed E-state index contributed by atoms with van der Waals surface area (Å²) in [6.07, 6.45) is -4.38. The van der Waals surface area contributed by atoms with Crippen LogP contribution < -0.4 is 10.2 Å². The van der Waals surface area contributed by atoms with Crippen LogP contribution >= 0.6 is 0 Å². The average Bonchev–Trinajstić information content (AvgIpc) is 3.35. The monoisotopic (exact) mass is 472 g/mol. The number of benzene rings is 2. The number of halogens is 3. The Morgan fingerprint density at radius 3 is 2.29 bits per heavy atom. The quantitative estimate of drug-likeness (QED) is 0.550. The number of aromatic nitrogens is 2. The van der Waals surface area contributed by atoms with E-state index < -0.39 is 17.7 Å². The first-order valence-electron chi connectivity index (χ1n) is 10.6. The van der Waals surface area contributed by atoms with E-state index >= 15 is 0 Å². The van der Waals surface area contributed by atoms with Crippen molar-refractivity contribution in [1.29, 1.82) is 0 Å². The second-order valence-corrected chi connectivity index (χ2v) is 7.99. The van der Waals surface area contributed by atoms with Gasteiger partial charge in [-0.25, -0.2) is 9.48 Å². The Morgan fingerprint density at radius 2 is 1.68 bits per heavy atom. The summed E-state index contributed by atoms with van der Waals surface area (Å²) in [7, 11) is 1.31. The van der Waals surface area contributed by atoms with Crippen LogP contribution in [0, 0.1) is 6.92 Å². The molecule has 1 amide bonds. The number of hydrogen-bond donors (Lipinski definition) is 1. The highest BCUT2D eigenvalue weighted by Gasteiger charge is 2.32. The lowest BCUT2D eigenvalue weighted by Gasteiger charge is -2.19. The summed E-state index contributed by atoms with van der Waals surface area (Å²) < 4.78 is 45.0. The fourth-order valence-electron chi connectivity index (χ4n) is 3.95. The van der Waals surface area contributed by atoms with E-state index in [9.17, 15) is 22.8 Å². The van der Waals surface area contributed by atoms with Gasteiger partial charge in [-0.2, -0.15) is 18.3 Å². The van der Waals surface area contributed by atoms with E-state index in [0.717, 1.165) is 17.7 Å². The number of carbonyl (C=O) groups is 2. The number of carbonyl (C=O) groups excluding carboxylic acids is 2. The van der Waals surface area contributed by atoms with E-state index in [4.69, 9.17) is 0 Å². The largest absolute Gasteiger partial charge is 0.465 e. The Balaban J connectivity index is 1.47. The number of nitrogens with one attached hydrogen (secondary N) is 1. The molecule has 34 heavy (non-hydrogen) atoms. The smallest absolute Gasteiger partial charge is 0.416 e. The molecule has 2 heterocycles. The third kappa shape index (κ3) is 4.75. The van der Waals surface area contributed by atoms with Crippen LogP contribution in [0.2, 0.25) is 0 Å². The molecular formula is C24H23F3N4O3. The summed E-state index contributed by atoms with van der Waals surface area (Å²) in [5.74, 6) is -0.0825. The van der Waals surface area contributed by atoms with Crippen LogP contribution in [0.4, 0.5) is 19.0 Å². The minimum atomic E-state index is -4.38. The van der Waals surface area contributed by atoms with E-state index in [1.807, 2.05) is 4.90 Å². The second kappa shape index (κ2) is 9.20. The molecule has 0 atom stereocenters. The van der Waals surface area contributed by atoms with E-state index in [-0.39, 0.29) is 12.5 Å². The van der Waals surface area contributed by atoms with Gasteiger partial charge in [-0.15, -0.1) is 0 Å². The molecule has 1 aromatic heterocycles. The van der Waals surface area contributed by atoms with Crippen molar-refractivity contribution in [1.82, 2.24) is 15.1 Å². The van der Waals surface area contributed by atoms with Crippen LogP contribution in [0.5, 0.6) is 0 Å². The minimum Gasteiger partial charge on any atom is -0.465 e. The Bertz CT molecular complexity index is 1200. The molecule has 0 unspecified atom stereocenters. The first kappa shape index (κ1) is 23.3. The molecule has 1 N–H and O–H groups in total. The average molecular weight is 472 g/mol. The third-order valence-electron chi connectivity index (χ3n) is 5.69. The maximum atomic E-state index is 13.0. The molecule has 0 aliphatic carbocycles. The summed E-state index contributed by atoms with van der Waals surface area (Å²) in [4.78, 5) is 26.5. The number of esters is 1. The number of methoxy groups -OCH3 is 1. The Labute approximate surface area is 194 Å². The van der Waals surface area contributed by atoms with Crippen LogP contribution in [-0.4, -0.2) is 35.3 Å². The van der Waals surface area contributed by atoms with Crippen LogP contribution in [-0.2, 0) is 30.5 Å². The van der Waals surface area contributed by atoms with Gasteiger partial charge in [-0.05, 0) is 42.3 Å². The van der Waals surface area contributed by atoms with Crippen molar-refractivity contribution in [3.63, 3.8) is 0 Å². The maximum Gasteiger partial charge on any atom is 0.416 e. The first-order valence-corrected chi connectivity index (χ1v) is 10.6. The first-order chi connectivity index (χ1) is 16.2. The summed E-state index contributed by atoms with van der Waals surface area (Å²) in [6, 6.07) is 11.8. The van der Waals surface area contributed by atoms with Gasteiger partial charge >= 0.3 is 12.1 Å². The Morgan fingerprint density at radius 1 is 1.03 bits per heavy atom. The number of ether oxygens (including phenoxy) is 1. The number of fused-ring (bicyclic) bond motifs is 1. The second-order valence-electron chi connectivity index (χ2n) is 7.99. The standard InChI is InChI=1S/C24H23F3N4O3/c1-15-20(21(32)28-13-16-3-7-18(8-4-16)23(33)34-2)22-30(11-12-31(22)29-15)14-17-5-9-19(10-6-17)24(25,26)27/h3-10H,11-14H2,1-2H3,(H,28,32). The summed E-state index contributed by atoms with van der Waals surface area (Å²) in [6.45, 7) is 3.54. The zero-order chi connectivity index (χ0) is 24.5. The van der Waals surface area contributed by atoms with Gasteiger partial charge in [0.1, 0.15) is 11.4 Å². The summed E-state index contributed by atoms with van der Waals surface area (Å²) in [5, 5.41) is 7.34. The number of alkyl halides is 3. The third-order valence-corrected chi connectivity index (χ3v) is 5.69. The van der Waals surface area contributed by atoms with Crippen molar-refractivity contribution in [2.45, 2.75) is 32.7 Å². The minimum absolute atomic E-state index is 0.253. The topological polar surface area (TPSA) is 76.5 Å². The summed E-state index contributed by atoms with van der Waals surface area (Å²) >= 11 is 0. The molecule has 1 aliphatic heterocycles. The van der Waals surface area contributed by atoms with E-state index in [0.29, 0.717) is 47.8 Å². The van der Waals surface area contributed by atoms with Gasteiger partial charge in [0.2, 0.25) is 0 Å². The molecule has 0 bridgehead atoms. The van der Waals surface area contributed by atoms with Crippen molar-refractivity contribution in [2.75, 3.05) is 18.6 Å². The maximum absolute atomic E-state index is 13.0. The predicted molar refractivity (Wildman–Crippen MR) is 118 cm³/mol. The van der Waals surface area contributed by atoms with Gasteiger partial charge in [0.15, 0.2) is 0 Å². The van der Waals surface area contributed by atoms with E-state index in [1.165, 1.54) is 19.2 Å². The Kier molecular flexibility index (Phi) is 6.32. The van der Waals surface area contributed by atoms with Gasteiger partial charge in [0.05, 0.1) is 30.5 Å². The number of hydrogen-bond acceptors (Lipinski definition) is 5. The number of rotatable bonds is 6. The van der Waals surface area contributed by atoms with Gasteiger partial charge in [-0.1, -0.05) is 24.3 Å². The molecule has 0 saturated carbocycles. The molecule has 0 spiro atoms. The van der Waals surface area contributed by atoms with Crippen molar-refractivity contribution >= 4 is 17.7 Å². The molecule has 2 aromatic carbocycles. The van der Waals surface area contributed by atoms with E-state index in [2.05, 4.69) is 15.2 Å². The fourth-order valence-corrected chi connectivity index (χ4v) is 3.95. The highest BCUT2D eigenvalue weighted by molar-refractivity contribution is 6.00. The van der Waals surface area contributed by atoms with E-state index in [1.54, 1.807) is 35.9 Å². The van der Waals surface area contributed by atoms with Crippen molar-refractivity contribution < 1.29 is 27.5 Å². The van der Waals surface area contributed by atoms with Gasteiger partial charge in [0.25, 0.3) is 5.91 Å². The van der Waals surface area contributed by atoms with Crippen LogP contribution in [0.3, 0.4) is 0 Å². The SMILES string of the molecule is COC(=O)c1ccc(CNC(=O)c2c(C)nn3c2N(Cc2ccc(C(F)(F)F)cc2)CC3)cc1. The molecular weight excluding hydrogens is 449 g/mol. The fraction of sp³-hybridized carbons (Fsp3) is 0.292. The zero-order valence-electron chi connectivity index (χ0n) is 18.6. The highest BCUT2D eigenvalue weighted by atomic mass is 19.4. The Hall–Kier alpha value is -3.82. The zero-order valence-corrected chi connectivity index (χ0v) is 18.6.